The molecule has 138 valence electrons. The maximum atomic E-state index is 12.5. The van der Waals surface area contributed by atoms with E-state index in [1.54, 1.807) is 4.90 Å². The first-order chi connectivity index (χ1) is 11.6. The molecule has 6 nitrogen and oxygen atoms in total. The van der Waals surface area contributed by atoms with Gasteiger partial charge in [0.2, 0.25) is 5.91 Å². The molecular weight excluding hydrogens is 340 g/mol. The average Bonchev–Trinajstić information content (AvgIpc) is 2.62. The van der Waals surface area contributed by atoms with Gasteiger partial charge in [-0.1, -0.05) is 18.6 Å². The van der Waals surface area contributed by atoms with Crippen LogP contribution in [0.25, 0.3) is 0 Å². The summed E-state index contributed by atoms with van der Waals surface area (Å²) in [6.45, 7) is 5.30. The summed E-state index contributed by atoms with van der Waals surface area (Å²) in [7, 11) is 0. The number of carbonyl (C=O) groups excluding carboxylic acids is 2. The van der Waals surface area contributed by atoms with Crippen molar-refractivity contribution >= 4 is 30.0 Å². The lowest BCUT2D eigenvalue weighted by Crippen LogP contribution is -2.56. The molecule has 3 rings (SSSR count). The number of rotatable bonds is 2. The van der Waals surface area contributed by atoms with Gasteiger partial charge in [0.1, 0.15) is 0 Å². The highest BCUT2D eigenvalue weighted by Gasteiger charge is 2.29. The smallest absolute Gasteiger partial charge is 0.321 e. The Morgan fingerprint density at radius 2 is 1.84 bits per heavy atom. The summed E-state index contributed by atoms with van der Waals surface area (Å²) in [5.74, 6) is 0.188. The standard InChI is InChI=1S/C18H26N4O2.ClH/c1-14-5-4-6-15(13-14)20-18(24)22-11-9-21(10-12-22)17(23)16-7-2-3-8-19-16;/h4-6,13,16,19H,2-3,7-12H2,1H3,(H,20,24);1H. The van der Waals surface area contributed by atoms with E-state index >= 15 is 0 Å². The third kappa shape index (κ3) is 5.09. The van der Waals surface area contributed by atoms with E-state index in [4.69, 9.17) is 0 Å². The van der Waals surface area contributed by atoms with E-state index in [0.29, 0.717) is 26.2 Å². The van der Waals surface area contributed by atoms with Crippen molar-refractivity contribution in [3.05, 3.63) is 29.8 Å². The number of piperazine rings is 1. The minimum absolute atomic E-state index is 0. The lowest BCUT2D eigenvalue weighted by Gasteiger charge is -2.37. The molecular formula is C18H27ClN4O2. The quantitative estimate of drug-likeness (QED) is 0.843. The van der Waals surface area contributed by atoms with Crippen molar-refractivity contribution in [1.82, 2.24) is 15.1 Å². The molecule has 0 aromatic heterocycles. The normalized spacial score (nSPS) is 20.6. The number of hydrogen-bond acceptors (Lipinski definition) is 3. The fourth-order valence-corrected chi connectivity index (χ4v) is 3.34. The molecule has 0 bridgehead atoms. The van der Waals surface area contributed by atoms with Crippen LogP contribution < -0.4 is 10.6 Å². The lowest BCUT2D eigenvalue weighted by atomic mass is 10.0. The number of urea groups is 1. The fourth-order valence-electron chi connectivity index (χ4n) is 3.34. The second kappa shape index (κ2) is 9.06. The lowest BCUT2D eigenvalue weighted by molar-refractivity contribution is -0.135. The summed E-state index contributed by atoms with van der Waals surface area (Å²) in [5.41, 5.74) is 1.92. The van der Waals surface area contributed by atoms with Gasteiger partial charge in [-0.3, -0.25) is 4.79 Å². The van der Waals surface area contributed by atoms with Gasteiger partial charge in [-0.05, 0) is 44.0 Å². The zero-order valence-corrected chi connectivity index (χ0v) is 15.5. The molecule has 3 amide bonds. The number of benzene rings is 1. The molecule has 2 aliphatic heterocycles. The number of piperidine rings is 1. The fraction of sp³-hybridized carbons (Fsp3) is 0.556. The van der Waals surface area contributed by atoms with Gasteiger partial charge in [0, 0.05) is 31.9 Å². The van der Waals surface area contributed by atoms with Crippen LogP contribution in [0, 0.1) is 6.92 Å². The highest BCUT2D eigenvalue weighted by molar-refractivity contribution is 5.89. The molecule has 1 aromatic carbocycles. The zero-order chi connectivity index (χ0) is 16.9. The molecule has 1 unspecified atom stereocenters. The molecule has 0 spiro atoms. The Kier molecular flexibility index (Phi) is 7.08. The van der Waals surface area contributed by atoms with E-state index in [9.17, 15) is 9.59 Å². The highest BCUT2D eigenvalue weighted by atomic mass is 35.5. The molecule has 0 aliphatic carbocycles. The van der Waals surface area contributed by atoms with Crippen molar-refractivity contribution in [1.29, 1.82) is 0 Å². The summed E-state index contributed by atoms with van der Waals surface area (Å²) < 4.78 is 0. The van der Waals surface area contributed by atoms with Crippen molar-refractivity contribution < 1.29 is 9.59 Å². The first-order valence-corrected chi connectivity index (χ1v) is 8.78. The van der Waals surface area contributed by atoms with Crippen molar-refractivity contribution in [2.24, 2.45) is 0 Å². The molecule has 25 heavy (non-hydrogen) atoms. The second-order valence-electron chi connectivity index (χ2n) is 6.61. The predicted octanol–water partition coefficient (Wildman–Crippen LogP) is 2.24. The van der Waals surface area contributed by atoms with E-state index in [0.717, 1.165) is 37.1 Å². The maximum absolute atomic E-state index is 12.5. The van der Waals surface area contributed by atoms with Crippen LogP contribution in [0.3, 0.4) is 0 Å². The molecule has 0 radical (unpaired) electrons. The van der Waals surface area contributed by atoms with Gasteiger partial charge in [0.15, 0.2) is 0 Å². The molecule has 0 saturated carbocycles. The summed E-state index contributed by atoms with van der Waals surface area (Å²) in [4.78, 5) is 28.5. The van der Waals surface area contributed by atoms with E-state index < -0.39 is 0 Å². The number of nitrogens with zero attached hydrogens (tertiary/aromatic N) is 2. The Bertz CT molecular complexity index is 596. The molecule has 2 heterocycles. The minimum Gasteiger partial charge on any atom is -0.338 e. The highest BCUT2D eigenvalue weighted by Crippen LogP contribution is 2.14. The van der Waals surface area contributed by atoms with Crippen LogP contribution in [0.5, 0.6) is 0 Å². The summed E-state index contributed by atoms with van der Waals surface area (Å²) in [5, 5.41) is 6.24. The maximum Gasteiger partial charge on any atom is 0.321 e. The van der Waals surface area contributed by atoms with Crippen LogP contribution in [-0.2, 0) is 4.79 Å². The van der Waals surface area contributed by atoms with Crippen LogP contribution in [-0.4, -0.2) is 60.5 Å². The molecule has 7 heteroatoms. The molecule has 2 aliphatic rings. The first-order valence-electron chi connectivity index (χ1n) is 8.78. The Morgan fingerprint density at radius 3 is 2.48 bits per heavy atom. The number of nitrogens with one attached hydrogen (secondary N) is 2. The van der Waals surface area contributed by atoms with Gasteiger partial charge >= 0.3 is 6.03 Å². The van der Waals surface area contributed by atoms with Gasteiger partial charge in [0.05, 0.1) is 6.04 Å². The van der Waals surface area contributed by atoms with Crippen LogP contribution >= 0.6 is 12.4 Å². The van der Waals surface area contributed by atoms with E-state index in [-0.39, 0.29) is 30.4 Å². The van der Waals surface area contributed by atoms with Crippen LogP contribution in [0.15, 0.2) is 24.3 Å². The molecule has 2 N–H and O–H groups in total. The molecule has 2 saturated heterocycles. The Labute approximate surface area is 155 Å². The van der Waals surface area contributed by atoms with E-state index in [1.807, 2.05) is 36.1 Å². The predicted molar refractivity (Wildman–Crippen MR) is 101 cm³/mol. The average molecular weight is 367 g/mol. The van der Waals surface area contributed by atoms with E-state index in [1.165, 1.54) is 0 Å². The third-order valence-electron chi connectivity index (χ3n) is 4.76. The van der Waals surface area contributed by atoms with Crippen molar-refractivity contribution in [2.75, 3.05) is 38.0 Å². The van der Waals surface area contributed by atoms with E-state index in [2.05, 4.69) is 10.6 Å². The van der Waals surface area contributed by atoms with Gasteiger partial charge in [-0.2, -0.15) is 0 Å². The Balaban J connectivity index is 0.00000225. The van der Waals surface area contributed by atoms with Crippen LogP contribution in [0.2, 0.25) is 0 Å². The molecule has 2 fully saturated rings. The number of halogens is 1. The number of aryl methyl sites for hydroxylation is 1. The Hall–Kier alpha value is -1.79. The number of anilines is 1. The van der Waals surface area contributed by atoms with Crippen molar-refractivity contribution in [3.8, 4) is 0 Å². The number of amides is 3. The van der Waals surface area contributed by atoms with Gasteiger partial charge in [-0.15, -0.1) is 12.4 Å². The van der Waals surface area contributed by atoms with Crippen LogP contribution in [0.1, 0.15) is 24.8 Å². The van der Waals surface area contributed by atoms with Crippen molar-refractivity contribution in [3.63, 3.8) is 0 Å². The SMILES string of the molecule is Cc1cccc(NC(=O)N2CCN(C(=O)C3CCCCN3)CC2)c1.Cl. The number of hydrogen-bond donors (Lipinski definition) is 2. The van der Waals surface area contributed by atoms with Crippen molar-refractivity contribution in [2.45, 2.75) is 32.2 Å². The molecule has 1 aromatic rings. The number of carbonyl (C=O) groups is 2. The topological polar surface area (TPSA) is 64.7 Å². The van der Waals surface area contributed by atoms with Gasteiger partial charge in [-0.25, -0.2) is 4.79 Å². The summed E-state index contributed by atoms with van der Waals surface area (Å²) in [6, 6.07) is 7.64. The third-order valence-corrected chi connectivity index (χ3v) is 4.76. The largest absolute Gasteiger partial charge is 0.338 e. The van der Waals surface area contributed by atoms with Gasteiger partial charge < -0.3 is 20.4 Å². The van der Waals surface area contributed by atoms with Gasteiger partial charge in [0.25, 0.3) is 0 Å². The zero-order valence-electron chi connectivity index (χ0n) is 14.7. The molecule has 1 atom stereocenters. The van der Waals surface area contributed by atoms with Crippen LogP contribution in [0.4, 0.5) is 10.5 Å². The Morgan fingerprint density at radius 1 is 1.12 bits per heavy atom. The summed E-state index contributed by atoms with van der Waals surface area (Å²) >= 11 is 0. The first kappa shape index (κ1) is 19.5. The monoisotopic (exact) mass is 366 g/mol. The second-order valence-corrected chi connectivity index (χ2v) is 6.61. The summed E-state index contributed by atoms with van der Waals surface area (Å²) in [6.07, 6.45) is 3.19. The minimum atomic E-state index is -0.0940.